The van der Waals surface area contributed by atoms with Crippen molar-refractivity contribution < 1.29 is 9.69 Å². The number of piperazine rings is 1. The first-order valence-corrected chi connectivity index (χ1v) is 10.0. The second kappa shape index (κ2) is 8.22. The van der Waals surface area contributed by atoms with Crippen molar-refractivity contribution in [2.45, 2.75) is 52.1 Å². The second-order valence-corrected chi connectivity index (χ2v) is 8.08. The minimum Gasteiger partial charge on any atom is -0.360 e. The lowest BCUT2D eigenvalue weighted by Gasteiger charge is -2.38. The first kappa shape index (κ1) is 18.2. The lowest BCUT2D eigenvalue weighted by Crippen LogP contribution is -3.19. The molecule has 4 heteroatoms. The molecule has 0 aromatic heterocycles. The molecular formula is C21H34N3O+. The number of quaternary nitrogens is 1. The number of hydrogen-bond donors (Lipinski definition) is 2. The van der Waals surface area contributed by atoms with Crippen molar-refractivity contribution in [1.82, 2.24) is 5.32 Å². The Bertz CT molecular complexity index is 554. The molecule has 138 valence electrons. The number of para-hydroxylation sites is 1. The third-order valence-corrected chi connectivity index (χ3v) is 6.57. The average Bonchev–Trinajstić information content (AvgIpc) is 2.65. The smallest absolute Gasteiger partial charge is 0.278 e. The fraction of sp³-hybridized carbons (Fsp3) is 0.667. The molecule has 4 nitrogen and oxygen atoms in total. The van der Waals surface area contributed by atoms with E-state index in [1.54, 1.807) is 0 Å². The van der Waals surface area contributed by atoms with Crippen LogP contribution in [0.15, 0.2) is 30.3 Å². The summed E-state index contributed by atoms with van der Waals surface area (Å²) >= 11 is 0. The molecule has 1 aliphatic heterocycles. The molecule has 4 atom stereocenters. The molecule has 2 fully saturated rings. The molecule has 1 saturated carbocycles. The molecule has 1 amide bonds. The molecular weight excluding hydrogens is 310 g/mol. The van der Waals surface area contributed by atoms with Crippen LogP contribution in [-0.4, -0.2) is 44.2 Å². The van der Waals surface area contributed by atoms with E-state index in [0.717, 1.165) is 38.5 Å². The third kappa shape index (κ3) is 4.35. The van der Waals surface area contributed by atoms with Crippen LogP contribution in [0.4, 0.5) is 5.69 Å². The summed E-state index contributed by atoms with van der Waals surface area (Å²) in [7, 11) is 0. The zero-order valence-corrected chi connectivity index (χ0v) is 16.0. The number of anilines is 1. The van der Waals surface area contributed by atoms with Crippen LogP contribution >= 0.6 is 0 Å². The number of nitrogens with one attached hydrogen (secondary N) is 2. The maximum Gasteiger partial charge on any atom is 0.278 e. The molecule has 0 radical (unpaired) electrons. The van der Waals surface area contributed by atoms with Gasteiger partial charge in [0.25, 0.3) is 5.91 Å². The molecule has 1 saturated heterocycles. The van der Waals surface area contributed by atoms with E-state index < -0.39 is 0 Å². The van der Waals surface area contributed by atoms with Crippen molar-refractivity contribution in [2.24, 2.45) is 11.8 Å². The molecule has 0 bridgehead atoms. The average molecular weight is 345 g/mol. The number of amides is 1. The number of nitrogens with zero attached hydrogens (tertiary/aromatic N) is 1. The van der Waals surface area contributed by atoms with Gasteiger partial charge in [0.05, 0.1) is 26.2 Å². The monoisotopic (exact) mass is 344 g/mol. The molecule has 3 rings (SSSR count). The molecule has 1 aromatic carbocycles. The maximum absolute atomic E-state index is 12.8. The molecule has 1 heterocycles. The predicted molar refractivity (Wildman–Crippen MR) is 103 cm³/mol. The zero-order valence-electron chi connectivity index (χ0n) is 16.0. The molecule has 2 N–H and O–H groups in total. The summed E-state index contributed by atoms with van der Waals surface area (Å²) in [4.78, 5) is 16.6. The number of carbonyl (C=O) groups is 1. The molecule has 25 heavy (non-hydrogen) atoms. The van der Waals surface area contributed by atoms with Crippen LogP contribution in [0, 0.1) is 11.8 Å². The quantitative estimate of drug-likeness (QED) is 0.873. The highest BCUT2D eigenvalue weighted by molar-refractivity contribution is 5.80. The van der Waals surface area contributed by atoms with Crippen LogP contribution in [-0.2, 0) is 4.79 Å². The Morgan fingerprint density at radius 1 is 1.16 bits per heavy atom. The van der Waals surface area contributed by atoms with E-state index in [4.69, 9.17) is 0 Å². The Morgan fingerprint density at radius 3 is 2.52 bits per heavy atom. The Kier molecular flexibility index (Phi) is 6.00. The van der Waals surface area contributed by atoms with E-state index in [1.165, 1.54) is 23.4 Å². The SMILES string of the molecule is C[C@@H]1[C@@H](C)CCC[C@H]1NC(=O)[C@@H](C)[NH+]1CCN(c2ccccc2)CC1. The summed E-state index contributed by atoms with van der Waals surface area (Å²) in [6, 6.07) is 11.0. The lowest BCUT2D eigenvalue weighted by atomic mass is 9.78. The van der Waals surface area contributed by atoms with Gasteiger partial charge in [0.15, 0.2) is 6.04 Å². The number of benzene rings is 1. The summed E-state index contributed by atoms with van der Waals surface area (Å²) in [5.74, 6) is 1.56. The zero-order chi connectivity index (χ0) is 17.8. The highest BCUT2D eigenvalue weighted by Gasteiger charge is 2.33. The standard InChI is InChI=1S/C21H33N3O/c1-16-8-7-11-20(17(16)2)22-21(25)18(3)23-12-14-24(15-13-23)19-9-5-4-6-10-19/h4-6,9-10,16-18,20H,7-8,11-15H2,1-3H3,(H,22,25)/p+1/t16-,17+,18+,20+/m0/s1. The Labute approximate surface area is 152 Å². The van der Waals surface area contributed by atoms with Crippen molar-refractivity contribution in [3.63, 3.8) is 0 Å². The van der Waals surface area contributed by atoms with E-state index in [1.807, 2.05) is 0 Å². The van der Waals surface area contributed by atoms with Gasteiger partial charge in [0, 0.05) is 11.7 Å². The van der Waals surface area contributed by atoms with Gasteiger partial charge in [-0.3, -0.25) is 4.79 Å². The minimum absolute atomic E-state index is 0.0438. The second-order valence-electron chi connectivity index (χ2n) is 8.08. The highest BCUT2D eigenvalue weighted by atomic mass is 16.2. The van der Waals surface area contributed by atoms with Crippen molar-refractivity contribution in [3.05, 3.63) is 30.3 Å². The predicted octanol–water partition coefficient (Wildman–Crippen LogP) is 1.72. The van der Waals surface area contributed by atoms with E-state index in [9.17, 15) is 4.79 Å². The van der Waals surface area contributed by atoms with Gasteiger partial charge in [-0.05, 0) is 37.3 Å². The number of carbonyl (C=O) groups excluding carboxylic acids is 1. The van der Waals surface area contributed by atoms with Gasteiger partial charge in [-0.1, -0.05) is 44.9 Å². The molecule has 1 aromatic rings. The number of rotatable bonds is 4. The normalized spacial score (nSPS) is 29.2. The number of hydrogen-bond acceptors (Lipinski definition) is 2. The van der Waals surface area contributed by atoms with Crippen LogP contribution in [0.3, 0.4) is 0 Å². The fourth-order valence-corrected chi connectivity index (χ4v) is 4.40. The first-order valence-electron chi connectivity index (χ1n) is 10.0. The molecule has 0 spiro atoms. The van der Waals surface area contributed by atoms with Crippen LogP contribution < -0.4 is 15.1 Å². The van der Waals surface area contributed by atoms with Crippen molar-refractivity contribution in [1.29, 1.82) is 0 Å². The van der Waals surface area contributed by atoms with Crippen LogP contribution in [0.25, 0.3) is 0 Å². The van der Waals surface area contributed by atoms with Crippen LogP contribution in [0.1, 0.15) is 40.0 Å². The minimum atomic E-state index is 0.0438. The molecule has 2 aliphatic rings. The van der Waals surface area contributed by atoms with Gasteiger partial charge < -0.3 is 15.1 Å². The van der Waals surface area contributed by atoms with E-state index >= 15 is 0 Å². The van der Waals surface area contributed by atoms with Gasteiger partial charge in [-0.25, -0.2) is 0 Å². The summed E-state index contributed by atoms with van der Waals surface area (Å²) in [5, 5.41) is 3.37. The van der Waals surface area contributed by atoms with Crippen molar-refractivity contribution in [3.8, 4) is 0 Å². The fourth-order valence-electron chi connectivity index (χ4n) is 4.40. The summed E-state index contributed by atoms with van der Waals surface area (Å²) in [6.07, 6.45) is 3.68. The Balaban J connectivity index is 1.50. The highest BCUT2D eigenvalue weighted by Crippen LogP contribution is 2.29. The Morgan fingerprint density at radius 2 is 1.84 bits per heavy atom. The first-order chi connectivity index (χ1) is 12.1. The van der Waals surface area contributed by atoms with E-state index in [-0.39, 0.29) is 11.9 Å². The lowest BCUT2D eigenvalue weighted by molar-refractivity contribution is -0.914. The summed E-state index contributed by atoms with van der Waals surface area (Å²) in [6.45, 7) is 10.8. The van der Waals surface area contributed by atoms with Gasteiger partial charge in [-0.15, -0.1) is 0 Å². The molecule has 1 aliphatic carbocycles. The van der Waals surface area contributed by atoms with Crippen molar-refractivity contribution >= 4 is 11.6 Å². The Hall–Kier alpha value is -1.55. The largest absolute Gasteiger partial charge is 0.360 e. The van der Waals surface area contributed by atoms with Crippen LogP contribution in [0.5, 0.6) is 0 Å². The molecule has 0 unspecified atom stereocenters. The maximum atomic E-state index is 12.8. The van der Waals surface area contributed by atoms with Crippen LogP contribution in [0.2, 0.25) is 0 Å². The van der Waals surface area contributed by atoms with Gasteiger partial charge in [0.1, 0.15) is 0 Å². The topological polar surface area (TPSA) is 36.8 Å². The summed E-state index contributed by atoms with van der Waals surface area (Å²) in [5.41, 5.74) is 1.30. The van der Waals surface area contributed by atoms with Gasteiger partial charge >= 0.3 is 0 Å². The van der Waals surface area contributed by atoms with E-state index in [2.05, 4.69) is 61.3 Å². The van der Waals surface area contributed by atoms with E-state index in [0.29, 0.717) is 12.0 Å². The summed E-state index contributed by atoms with van der Waals surface area (Å²) < 4.78 is 0. The van der Waals surface area contributed by atoms with Gasteiger partial charge in [0.2, 0.25) is 0 Å². The third-order valence-electron chi connectivity index (χ3n) is 6.57. The van der Waals surface area contributed by atoms with Crippen molar-refractivity contribution in [2.75, 3.05) is 31.1 Å². The van der Waals surface area contributed by atoms with Gasteiger partial charge in [-0.2, -0.15) is 0 Å².